The van der Waals surface area contributed by atoms with Crippen LogP contribution in [0.2, 0.25) is 0 Å². The highest BCUT2D eigenvalue weighted by Crippen LogP contribution is 2.19. The van der Waals surface area contributed by atoms with Crippen molar-refractivity contribution in [3.8, 4) is 0 Å². The third-order valence-electron chi connectivity index (χ3n) is 2.98. The summed E-state index contributed by atoms with van der Waals surface area (Å²) in [7, 11) is -3.35. The molecule has 18 heavy (non-hydrogen) atoms. The number of rotatable bonds is 2. The maximum absolute atomic E-state index is 12.5. The van der Waals surface area contributed by atoms with E-state index in [2.05, 4.69) is 27.9 Å². The van der Waals surface area contributed by atoms with Crippen molar-refractivity contribution in [2.45, 2.75) is 30.8 Å². The van der Waals surface area contributed by atoms with Gasteiger partial charge in [-0.2, -0.15) is 4.31 Å². The number of benzene rings is 1. The van der Waals surface area contributed by atoms with Gasteiger partial charge in [-0.25, -0.2) is 8.42 Å². The molecule has 0 bridgehead atoms. The Morgan fingerprint density at radius 3 is 2.17 bits per heavy atom. The fourth-order valence-corrected chi connectivity index (χ4v) is 4.21. The Kier molecular flexibility index (Phi) is 4.30. The summed E-state index contributed by atoms with van der Waals surface area (Å²) in [6, 6.07) is 7.37. The zero-order chi connectivity index (χ0) is 13.3. The highest BCUT2D eigenvalue weighted by atomic mass is 127. The molecule has 0 spiro atoms. The molecule has 0 unspecified atom stereocenters. The first-order valence-electron chi connectivity index (χ1n) is 5.91. The Balaban J connectivity index is 2.28. The molecule has 6 heteroatoms. The summed E-state index contributed by atoms with van der Waals surface area (Å²) in [6.07, 6.45) is 0. The van der Waals surface area contributed by atoms with Gasteiger partial charge in [0.05, 0.1) is 4.90 Å². The maximum atomic E-state index is 12.5. The molecule has 0 aromatic heterocycles. The van der Waals surface area contributed by atoms with Crippen LogP contribution < -0.4 is 5.32 Å². The van der Waals surface area contributed by atoms with Crippen LogP contribution in [0.3, 0.4) is 0 Å². The Morgan fingerprint density at radius 1 is 1.17 bits per heavy atom. The van der Waals surface area contributed by atoms with Crippen molar-refractivity contribution >= 4 is 32.6 Å². The van der Waals surface area contributed by atoms with Gasteiger partial charge in [-0.1, -0.05) is 0 Å². The predicted octanol–water partition coefficient (Wildman–Crippen LogP) is 1.66. The molecule has 100 valence electrons. The van der Waals surface area contributed by atoms with Crippen molar-refractivity contribution in [2.75, 3.05) is 13.1 Å². The second kappa shape index (κ2) is 5.44. The van der Waals surface area contributed by atoms with Gasteiger partial charge >= 0.3 is 0 Å². The van der Waals surface area contributed by atoms with E-state index >= 15 is 0 Å². The average Bonchev–Trinajstić information content (AvgIpc) is 2.28. The SMILES string of the molecule is C[C@@H]1CN(S(=O)(=O)c2ccc(I)cc2)C[C@H](C)N1. The van der Waals surface area contributed by atoms with Crippen molar-refractivity contribution in [3.63, 3.8) is 0 Å². The molecule has 0 radical (unpaired) electrons. The fraction of sp³-hybridized carbons (Fsp3) is 0.500. The van der Waals surface area contributed by atoms with Crippen LogP contribution >= 0.6 is 22.6 Å². The number of sulfonamides is 1. The molecule has 1 fully saturated rings. The fourth-order valence-electron chi connectivity index (χ4n) is 2.23. The van der Waals surface area contributed by atoms with E-state index in [1.807, 2.05) is 26.0 Å². The number of halogens is 1. The van der Waals surface area contributed by atoms with Gasteiger partial charge in [-0.05, 0) is 60.7 Å². The monoisotopic (exact) mass is 380 g/mol. The van der Waals surface area contributed by atoms with Gasteiger partial charge in [-0.3, -0.25) is 0 Å². The van der Waals surface area contributed by atoms with E-state index in [9.17, 15) is 8.42 Å². The minimum atomic E-state index is -3.35. The topological polar surface area (TPSA) is 49.4 Å². The molecule has 0 aliphatic carbocycles. The number of nitrogens with zero attached hydrogens (tertiary/aromatic N) is 1. The molecule has 2 atom stereocenters. The normalized spacial score (nSPS) is 26.2. The minimum absolute atomic E-state index is 0.187. The second-order valence-electron chi connectivity index (χ2n) is 4.74. The first kappa shape index (κ1) is 14.2. The molecule has 1 aromatic carbocycles. The van der Waals surface area contributed by atoms with E-state index in [1.54, 1.807) is 16.4 Å². The van der Waals surface area contributed by atoms with Crippen LogP contribution in [0.25, 0.3) is 0 Å². The van der Waals surface area contributed by atoms with E-state index < -0.39 is 10.0 Å². The molecule has 1 aliphatic rings. The first-order chi connectivity index (χ1) is 8.39. The molecular formula is C12H17IN2O2S. The number of hydrogen-bond donors (Lipinski definition) is 1. The van der Waals surface area contributed by atoms with Gasteiger partial charge in [0.25, 0.3) is 0 Å². The van der Waals surface area contributed by atoms with Crippen molar-refractivity contribution in [1.82, 2.24) is 9.62 Å². The van der Waals surface area contributed by atoms with Gasteiger partial charge in [0.2, 0.25) is 10.0 Å². The van der Waals surface area contributed by atoms with Gasteiger partial charge < -0.3 is 5.32 Å². The lowest BCUT2D eigenvalue weighted by atomic mass is 10.2. The van der Waals surface area contributed by atoms with Gasteiger partial charge in [-0.15, -0.1) is 0 Å². The number of hydrogen-bond acceptors (Lipinski definition) is 3. The van der Waals surface area contributed by atoms with E-state index in [4.69, 9.17) is 0 Å². The lowest BCUT2D eigenvalue weighted by molar-refractivity contribution is 0.263. The molecule has 2 rings (SSSR count). The predicted molar refractivity (Wildman–Crippen MR) is 80.0 cm³/mol. The van der Waals surface area contributed by atoms with Gasteiger partial charge in [0.15, 0.2) is 0 Å². The van der Waals surface area contributed by atoms with Crippen molar-refractivity contribution in [1.29, 1.82) is 0 Å². The summed E-state index contributed by atoms with van der Waals surface area (Å²) in [6.45, 7) is 5.07. The summed E-state index contributed by atoms with van der Waals surface area (Å²) in [5.41, 5.74) is 0. The molecule has 0 amide bonds. The zero-order valence-electron chi connectivity index (χ0n) is 10.4. The van der Waals surface area contributed by atoms with Gasteiger partial charge in [0.1, 0.15) is 0 Å². The van der Waals surface area contributed by atoms with Gasteiger partial charge in [0, 0.05) is 28.7 Å². The molecule has 1 saturated heterocycles. The first-order valence-corrected chi connectivity index (χ1v) is 8.43. The molecule has 1 aromatic rings. The van der Waals surface area contributed by atoms with Crippen molar-refractivity contribution in [2.24, 2.45) is 0 Å². The number of piperazine rings is 1. The minimum Gasteiger partial charge on any atom is -0.309 e. The highest BCUT2D eigenvalue weighted by molar-refractivity contribution is 14.1. The third kappa shape index (κ3) is 3.04. The lowest BCUT2D eigenvalue weighted by Gasteiger charge is -2.35. The second-order valence-corrected chi connectivity index (χ2v) is 7.93. The van der Waals surface area contributed by atoms with Crippen LogP contribution in [0, 0.1) is 3.57 Å². The summed E-state index contributed by atoms with van der Waals surface area (Å²) in [5, 5.41) is 3.33. The van der Waals surface area contributed by atoms with Crippen LogP contribution in [0.1, 0.15) is 13.8 Å². The molecule has 0 saturated carbocycles. The Morgan fingerprint density at radius 2 is 1.67 bits per heavy atom. The molecule has 4 nitrogen and oxygen atoms in total. The molecular weight excluding hydrogens is 363 g/mol. The van der Waals surface area contributed by atoms with Crippen molar-refractivity contribution < 1.29 is 8.42 Å². The standard InChI is InChI=1S/C12H17IN2O2S/c1-9-7-15(8-10(2)14-9)18(16,17)12-5-3-11(13)4-6-12/h3-6,9-10,14H,7-8H2,1-2H3/t9-,10+. The summed E-state index contributed by atoms with van der Waals surface area (Å²) < 4.78 is 27.6. The van der Waals surface area contributed by atoms with Crippen LogP contribution in [0.15, 0.2) is 29.2 Å². The Labute approximate surface area is 122 Å². The largest absolute Gasteiger partial charge is 0.309 e. The van der Waals surface area contributed by atoms with E-state index in [0.717, 1.165) is 3.57 Å². The number of nitrogens with one attached hydrogen (secondary N) is 1. The molecule has 1 heterocycles. The van der Waals surface area contributed by atoms with Crippen LogP contribution in [0.4, 0.5) is 0 Å². The summed E-state index contributed by atoms with van der Waals surface area (Å²) in [5.74, 6) is 0. The molecule has 1 aliphatic heterocycles. The average molecular weight is 380 g/mol. The highest BCUT2D eigenvalue weighted by Gasteiger charge is 2.31. The summed E-state index contributed by atoms with van der Waals surface area (Å²) >= 11 is 2.17. The zero-order valence-corrected chi connectivity index (χ0v) is 13.4. The smallest absolute Gasteiger partial charge is 0.243 e. The van der Waals surface area contributed by atoms with E-state index in [1.165, 1.54) is 0 Å². The Bertz CT molecular complexity index is 505. The summed E-state index contributed by atoms with van der Waals surface area (Å²) in [4.78, 5) is 0.379. The third-order valence-corrected chi connectivity index (χ3v) is 5.54. The van der Waals surface area contributed by atoms with E-state index in [-0.39, 0.29) is 12.1 Å². The van der Waals surface area contributed by atoms with Crippen LogP contribution in [-0.4, -0.2) is 37.9 Å². The molecule has 1 N–H and O–H groups in total. The van der Waals surface area contributed by atoms with Crippen LogP contribution in [0.5, 0.6) is 0 Å². The maximum Gasteiger partial charge on any atom is 0.243 e. The van der Waals surface area contributed by atoms with Crippen LogP contribution in [-0.2, 0) is 10.0 Å². The lowest BCUT2D eigenvalue weighted by Crippen LogP contribution is -2.55. The van der Waals surface area contributed by atoms with Crippen molar-refractivity contribution in [3.05, 3.63) is 27.8 Å². The quantitative estimate of drug-likeness (QED) is 0.795. The Hall–Kier alpha value is -0.180. The van der Waals surface area contributed by atoms with E-state index in [0.29, 0.717) is 18.0 Å².